The van der Waals surface area contributed by atoms with E-state index in [0.29, 0.717) is 18.1 Å². The lowest BCUT2D eigenvalue weighted by Crippen LogP contribution is -2.49. The summed E-state index contributed by atoms with van der Waals surface area (Å²) >= 11 is 0. The Bertz CT molecular complexity index is 796. The summed E-state index contributed by atoms with van der Waals surface area (Å²) in [6.45, 7) is 1.35. The SMILES string of the molecule is CN(C)c1cccc(C(=O)NNC(=O)C2CCCN(c3ncccn3)C2)c1. The van der Waals surface area contributed by atoms with Crippen molar-refractivity contribution >= 4 is 23.5 Å². The highest BCUT2D eigenvalue weighted by Gasteiger charge is 2.27. The Morgan fingerprint density at radius 2 is 1.93 bits per heavy atom. The molecule has 2 amide bonds. The molecule has 0 bridgehead atoms. The monoisotopic (exact) mass is 368 g/mol. The number of nitrogens with zero attached hydrogens (tertiary/aromatic N) is 4. The van der Waals surface area contributed by atoms with E-state index >= 15 is 0 Å². The normalized spacial score (nSPS) is 16.5. The van der Waals surface area contributed by atoms with Crippen LogP contribution in [0.25, 0.3) is 0 Å². The number of carbonyl (C=O) groups excluding carboxylic acids is 2. The fourth-order valence-corrected chi connectivity index (χ4v) is 3.05. The van der Waals surface area contributed by atoms with E-state index in [1.165, 1.54) is 0 Å². The summed E-state index contributed by atoms with van der Waals surface area (Å²) in [6, 6.07) is 8.97. The molecule has 3 rings (SSSR count). The fourth-order valence-electron chi connectivity index (χ4n) is 3.05. The molecule has 2 aromatic rings. The number of rotatable bonds is 4. The first kappa shape index (κ1) is 18.6. The van der Waals surface area contributed by atoms with Gasteiger partial charge in [-0.25, -0.2) is 9.97 Å². The summed E-state index contributed by atoms with van der Waals surface area (Å²) < 4.78 is 0. The molecular weight excluding hydrogens is 344 g/mol. The molecule has 0 radical (unpaired) electrons. The minimum absolute atomic E-state index is 0.201. The van der Waals surface area contributed by atoms with Gasteiger partial charge in [0.05, 0.1) is 5.92 Å². The molecule has 27 heavy (non-hydrogen) atoms. The molecule has 8 nitrogen and oxygen atoms in total. The van der Waals surface area contributed by atoms with Crippen molar-refractivity contribution < 1.29 is 9.59 Å². The minimum Gasteiger partial charge on any atom is -0.378 e. The van der Waals surface area contributed by atoms with Crippen molar-refractivity contribution in [1.29, 1.82) is 0 Å². The van der Waals surface area contributed by atoms with Gasteiger partial charge in [0.2, 0.25) is 11.9 Å². The first-order valence-electron chi connectivity index (χ1n) is 8.94. The Morgan fingerprint density at radius 3 is 2.67 bits per heavy atom. The zero-order valence-corrected chi connectivity index (χ0v) is 15.6. The number of amides is 2. The van der Waals surface area contributed by atoms with Crippen LogP contribution in [-0.4, -0.2) is 49.0 Å². The molecule has 1 aliphatic rings. The van der Waals surface area contributed by atoms with E-state index < -0.39 is 0 Å². The maximum absolute atomic E-state index is 12.5. The topological polar surface area (TPSA) is 90.5 Å². The van der Waals surface area contributed by atoms with Gasteiger partial charge in [-0.05, 0) is 37.1 Å². The average Bonchev–Trinajstić information content (AvgIpc) is 2.72. The number of aromatic nitrogens is 2. The van der Waals surface area contributed by atoms with Crippen molar-refractivity contribution in [2.45, 2.75) is 12.8 Å². The Morgan fingerprint density at radius 1 is 1.15 bits per heavy atom. The van der Waals surface area contributed by atoms with Gasteiger partial charge >= 0.3 is 0 Å². The summed E-state index contributed by atoms with van der Waals surface area (Å²) in [5.74, 6) is -0.144. The van der Waals surface area contributed by atoms with E-state index in [1.54, 1.807) is 30.6 Å². The van der Waals surface area contributed by atoms with Crippen molar-refractivity contribution in [3.05, 3.63) is 48.3 Å². The molecular formula is C19H24N6O2. The second-order valence-corrected chi connectivity index (χ2v) is 6.72. The number of carbonyl (C=O) groups is 2. The third-order valence-electron chi connectivity index (χ3n) is 4.55. The van der Waals surface area contributed by atoms with Crippen LogP contribution in [0.15, 0.2) is 42.7 Å². The third-order valence-corrected chi connectivity index (χ3v) is 4.55. The largest absolute Gasteiger partial charge is 0.378 e. The average molecular weight is 368 g/mol. The minimum atomic E-state index is -0.342. The van der Waals surface area contributed by atoms with Crippen LogP contribution >= 0.6 is 0 Å². The van der Waals surface area contributed by atoms with Gasteiger partial charge in [0.25, 0.3) is 5.91 Å². The standard InChI is InChI=1S/C19H24N6O2/c1-24(2)16-8-3-6-14(12-16)17(26)22-23-18(27)15-7-4-11-25(13-15)19-20-9-5-10-21-19/h3,5-6,8-10,12,15H,4,7,11,13H2,1-2H3,(H,22,26)(H,23,27). The second kappa shape index (κ2) is 8.48. The quantitative estimate of drug-likeness (QED) is 0.789. The van der Waals surface area contributed by atoms with E-state index in [1.807, 2.05) is 36.0 Å². The zero-order valence-electron chi connectivity index (χ0n) is 15.6. The van der Waals surface area contributed by atoms with Crippen LogP contribution < -0.4 is 20.7 Å². The number of piperidine rings is 1. The van der Waals surface area contributed by atoms with Crippen molar-refractivity contribution in [3.63, 3.8) is 0 Å². The van der Waals surface area contributed by atoms with Crippen LogP contribution in [0.1, 0.15) is 23.2 Å². The van der Waals surface area contributed by atoms with E-state index in [-0.39, 0.29) is 17.7 Å². The van der Waals surface area contributed by atoms with Crippen molar-refractivity contribution in [1.82, 2.24) is 20.8 Å². The van der Waals surface area contributed by atoms with E-state index in [2.05, 4.69) is 20.8 Å². The number of benzene rings is 1. The molecule has 2 heterocycles. The van der Waals surface area contributed by atoms with Gasteiger partial charge in [-0.3, -0.25) is 20.4 Å². The van der Waals surface area contributed by atoms with Crippen LogP contribution in [0.5, 0.6) is 0 Å². The van der Waals surface area contributed by atoms with Crippen LogP contribution in [0.3, 0.4) is 0 Å². The molecule has 1 aromatic carbocycles. The predicted molar refractivity (Wildman–Crippen MR) is 103 cm³/mol. The Balaban J connectivity index is 1.55. The van der Waals surface area contributed by atoms with Crippen molar-refractivity contribution in [2.75, 3.05) is 37.0 Å². The zero-order chi connectivity index (χ0) is 19.2. The van der Waals surface area contributed by atoms with Gasteiger partial charge in [0.15, 0.2) is 0 Å². The number of nitrogens with one attached hydrogen (secondary N) is 2. The lowest BCUT2D eigenvalue weighted by atomic mass is 9.98. The molecule has 1 atom stereocenters. The number of hydrazine groups is 1. The van der Waals surface area contributed by atoms with Gasteiger partial charge in [-0.1, -0.05) is 6.07 Å². The van der Waals surface area contributed by atoms with E-state index in [4.69, 9.17) is 0 Å². The van der Waals surface area contributed by atoms with Crippen molar-refractivity contribution in [3.8, 4) is 0 Å². The highest BCUT2D eigenvalue weighted by molar-refractivity contribution is 5.96. The molecule has 2 N–H and O–H groups in total. The summed E-state index contributed by atoms with van der Waals surface area (Å²) in [7, 11) is 3.81. The highest BCUT2D eigenvalue weighted by atomic mass is 16.2. The first-order chi connectivity index (χ1) is 13.0. The molecule has 1 saturated heterocycles. The fraction of sp³-hybridized carbons (Fsp3) is 0.368. The lowest BCUT2D eigenvalue weighted by molar-refractivity contribution is -0.126. The molecule has 1 unspecified atom stereocenters. The van der Waals surface area contributed by atoms with Crippen LogP contribution in [0.2, 0.25) is 0 Å². The van der Waals surface area contributed by atoms with Gasteiger partial charge in [0.1, 0.15) is 0 Å². The van der Waals surface area contributed by atoms with E-state index in [9.17, 15) is 9.59 Å². The first-order valence-corrected chi connectivity index (χ1v) is 8.94. The highest BCUT2D eigenvalue weighted by Crippen LogP contribution is 2.20. The second-order valence-electron chi connectivity index (χ2n) is 6.72. The van der Waals surface area contributed by atoms with Crippen molar-refractivity contribution in [2.24, 2.45) is 5.92 Å². The lowest BCUT2D eigenvalue weighted by Gasteiger charge is -2.31. The Hall–Kier alpha value is -3.16. The summed E-state index contributed by atoms with van der Waals surface area (Å²) in [4.78, 5) is 37.2. The molecule has 0 spiro atoms. The van der Waals surface area contributed by atoms with Gasteiger partial charge in [-0.2, -0.15) is 0 Å². The maximum atomic E-state index is 12.5. The number of hydrogen-bond donors (Lipinski definition) is 2. The van der Waals surface area contributed by atoms with Crippen LogP contribution in [-0.2, 0) is 4.79 Å². The van der Waals surface area contributed by atoms with Crippen LogP contribution in [0, 0.1) is 5.92 Å². The summed E-state index contributed by atoms with van der Waals surface area (Å²) in [5, 5.41) is 0. The number of anilines is 2. The third kappa shape index (κ3) is 4.72. The molecule has 0 saturated carbocycles. The molecule has 0 aliphatic carbocycles. The molecule has 142 valence electrons. The smallest absolute Gasteiger partial charge is 0.269 e. The predicted octanol–water partition coefficient (Wildman–Crippen LogP) is 1.22. The molecule has 8 heteroatoms. The summed E-state index contributed by atoms with van der Waals surface area (Å²) in [6.07, 6.45) is 5.01. The Labute approximate surface area is 158 Å². The molecule has 1 fully saturated rings. The van der Waals surface area contributed by atoms with Gasteiger partial charge < -0.3 is 9.80 Å². The van der Waals surface area contributed by atoms with Crippen LogP contribution in [0.4, 0.5) is 11.6 Å². The maximum Gasteiger partial charge on any atom is 0.269 e. The van der Waals surface area contributed by atoms with Gasteiger partial charge in [-0.15, -0.1) is 0 Å². The van der Waals surface area contributed by atoms with E-state index in [0.717, 1.165) is 25.1 Å². The molecule has 1 aromatic heterocycles. The Kier molecular flexibility index (Phi) is 5.85. The number of hydrogen-bond acceptors (Lipinski definition) is 6. The van der Waals surface area contributed by atoms with Gasteiger partial charge in [0, 0.05) is 50.8 Å². The summed E-state index contributed by atoms with van der Waals surface area (Å²) in [5.41, 5.74) is 6.47. The molecule has 1 aliphatic heterocycles.